The van der Waals surface area contributed by atoms with E-state index in [0.717, 1.165) is 12.1 Å². The molecular formula is C21H27N3O2. The Morgan fingerprint density at radius 2 is 1.69 bits per heavy atom. The van der Waals surface area contributed by atoms with Crippen molar-refractivity contribution in [2.24, 2.45) is 5.92 Å². The Balaban J connectivity index is 2.04. The molecule has 0 unspecified atom stereocenters. The van der Waals surface area contributed by atoms with E-state index in [0.29, 0.717) is 17.8 Å². The molecule has 0 heterocycles. The van der Waals surface area contributed by atoms with Crippen molar-refractivity contribution in [3.8, 4) is 0 Å². The normalized spacial score (nSPS) is 10.8. The van der Waals surface area contributed by atoms with Crippen molar-refractivity contribution < 1.29 is 9.59 Å². The van der Waals surface area contributed by atoms with Gasteiger partial charge < -0.3 is 15.5 Å². The van der Waals surface area contributed by atoms with Gasteiger partial charge in [0.2, 0.25) is 5.91 Å². The van der Waals surface area contributed by atoms with E-state index >= 15 is 0 Å². The molecule has 0 spiro atoms. The molecule has 138 valence electrons. The summed E-state index contributed by atoms with van der Waals surface area (Å²) >= 11 is 0. The van der Waals surface area contributed by atoms with Crippen LogP contribution in [-0.4, -0.2) is 30.8 Å². The number of amides is 2. The number of nitrogens with zero attached hydrogens (tertiary/aromatic N) is 1. The zero-order valence-electron chi connectivity index (χ0n) is 15.9. The average molecular weight is 353 g/mol. The molecule has 5 heteroatoms. The maximum Gasteiger partial charge on any atom is 0.251 e. The Morgan fingerprint density at radius 1 is 1.00 bits per heavy atom. The van der Waals surface area contributed by atoms with Crippen LogP contribution < -0.4 is 10.6 Å². The van der Waals surface area contributed by atoms with Crippen molar-refractivity contribution >= 4 is 17.5 Å². The van der Waals surface area contributed by atoms with Crippen LogP contribution in [0.25, 0.3) is 0 Å². The molecule has 0 atom stereocenters. The molecule has 0 aliphatic carbocycles. The van der Waals surface area contributed by atoms with Crippen LogP contribution in [0.15, 0.2) is 48.5 Å². The Morgan fingerprint density at radius 3 is 2.35 bits per heavy atom. The van der Waals surface area contributed by atoms with E-state index in [1.807, 2.05) is 46.1 Å². The highest BCUT2D eigenvalue weighted by Crippen LogP contribution is 2.14. The number of carbonyl (C=O) groups is 2. The summed E-state index contributed by atoms with van der Waals surface area (Å²) in [5, 5.41) is 5.78. The number of anilines is 1. The second kappa shape index (κ2) is 9.15. The Hall–Kier alpha value is -2.66. The van der Waals surface area contributed by atoms with Crippen LogP contribution in [-0.2, 0) is 17.9 Å². The van der Waals surface area contributed by atoms with Gasteiger partial charge in [0.15, 0.2) is 0 Å². The zero-order chi connectivity index (χ0) is 19.1. The Labute approximate surface area is 155 Å². The number of hydrogen-bond donors (Lipinski definition) is 2. The first-order chi connectivity index (χ1) is 12.4. The van der Waals surface area contributed by atoms with E-state index < -0.39 is 0 Å². The first-order valence-corrected chi connectivity index (χ1v) is 8.77. The smallest absolute Gasteiger partial charge is 0.251 e. The maximum absolute atomic E-state index is 12.5. The number of benzene rings is 2. The molecule has 0 radical (unpaired) electrons. The van der Waals surface area contributed by atoms with Gasteiger partial charge in [0.05, 0.1) is 0 Å². The highest BCUT2D eigenvalue weighted by atomic mass is 16.2. The van der Waals surface area contributed by atoms with Crippen molar-refractivity contribution in [3.05, 3.63) is 65.2 Å². The van der Waals surface area contributed by atoms with Crippen LogP contribution in [0, 0.1) is 5.92 Å². The van der Waals surface area contributed by atoms with Gasteiger partial charge in [0.25, 0.3) is 5.91 Å². The van der Waals surface area contributed by atoms with Crippen molar-refractivity contribution in [2.45, 2.75) is 26.9 Å². The lowest BCUT2D eigenvalue weighted by atomic mass is 10.1. The molecule has 0 saturated heterocycles. The molecule has 0 aliphatic heterocycles. The van der Waals surface area contributed by atoms with Crippen LogP contribution in [0.5, 0.6) is 0 Å². The van der Waals surface area contributed by atoms with Crippen molar-refractivity contribution in [1.29, 1.82) is 0 Å². The Kier molecular flexibility index (Phi) is 6.92. The maximum atomic E-state index is 12.5. The summed E-state index contributed by atoms with van der Waals surface area (Å²) in [4.78, 5) is 26.4. The highest BCUT2D eigenvalue weighted by molar-refractivity contribution is 5.97. The first kappa shape index (κ1) is 19.7. The monoisotopic (exact) mass is 353 g/mol. The van der Waals surface area contributed by atoms with Crippen molar-refractivity contribution in [2.75, 3.05) is 19.4 Å². The molecule has 2 aromatic rings. The predicted octanol–water partition coefficient (Wildman–Crippen LogP) is 3.27. The molecule has 26 heavy (non-hydrogen) atoms. The Bertz CT molecular complexity index is 769. The van der Waals surface area contributed by atoms with E-state index in [1.165, 1.54) is 5.56 Å². The topological polar surface area (TPSA) is 61.4 Å². The number of rotatable bonds is 7. The summed E-state index contributed by atoms with van der Waals surface area (Å²) in [7, 11) is 4.04. The lowest BCUT2D eigenvalue weighted by Gasteiger charge is -2.15. The quantitative estimate of drug-likeness (QED) is 0.803. The van der Waals surface area contributed by atoms with E-state index in [2.05, 4.69) is 21.6 Å². The minimum atomic E-state index is -0.162. The largest absolute Gasteiger partial charge is 0.348 e. The standard InChI is InChI=1S/C21H27N3O2/c1-15(2)20(25)23-19-11-7-10-16(12-19)21(26)22-13-17-8-5-6-9-18(17)14-24(3)4/h5-12,15H,13-14H2,1-4H3,(H,22,26)(H,23,25). The average Bonchev–Trinajstić information content (AvgIpc) is 2.60. The zero-order valence-corrected chi connectivity index (χ0v) is 15.9. The van der Waals surface area contributed by atoms with Gasteiger partial charge in [-0.15, -0.1) is 0 Å². The summed E-state index contributed by atoms with van der Waals surface area (Å²) in [5.41, 5.74) is 3.44. The molecule has 2 aromatic carbocycles. The summed E-state index contributed by atoms with van der Waals surface area (Å²) in [6.07, 6.45) is 0. The highest BCUT2D eigenvalue weighted by Gasteiger charge is 2.11. The van der Waals surface area contributed by atoms with E-state index in [4.69, 9.17) is 0 Å². The first-order valence-electron chi connectivity index (χ1n) is 8.77. The summed E-state index contributed by atoms with van der Waals surface area (Å²) in [6, 6.07) is 15.1. The number of hydrogen-bond acceptors (Lipinski definition) is 3. The molecule has 0 aliphatic rings. The molecule has 0 saturated carbocycles. The van der Waals surface area contributed by atoms with Gasteiger partial charge in [0.1, 0.15) is 0 Å². The third kappa shape index (κ3) is 5.70. The van der Waals surface area contributed by atoms with Crippen LogP contribution in [0.2, 0.25) is 0 Å². The molecule has 0 fully saturated rings. The van der Waals surface area contributed by atoms with E-state index in [9.17, 15) is 9.59 Å². The lowest BCUT2D eigenvalue weighted by molar-refractivity contribution is -0.118. The molecule has 2 N–H and O–H groups in total. The SMILES string of the molecule is CC(C)C(=O)Nc1cccc(C(=O)NCc2ccccc2CN(C)C)c1. The van der Waals surface area contributed by atoms with Gasteiger partial charge in [-0.25, -0.2) is 0 Å². The minimum Gasteiger partial charge on any atom is -0.348 e. The van der Waals surface area contributed by atoms with Gasteiger partial charge in [-0.1, -0.05) is 44.2 Å². The molecular weight excluding hydrogens is 326 g/mol. The third-order valence-corrected chi connectivity index (χ3v) is 3.96. The molecule has 0 bridgehead atoms. The van der Waals surface area contributed by atoms with E-state index in [-0.39, 0.29) is 17.7 Å². The molecule has 2 rings (SSSR count). The summed E-state index contributed by atoms with van der Waals surface area (Å²) in [5.74, 6) is -0.342. The second-order valence-electron chi connectivity index (χ2n) is 6.91. The van der Waals surface area contributed by atoms with Gasteiger partial charge in [-0.05, 0) is 43.4 Å². The van der Waals surface area contributed by atoms with Crippen LogP contribution >= 0.6 is 0 Å². The van der Waals surface area contributed by atoms with Gasteiger partial charge in [-0.2, -0.15) is 0 Å². The fourth-order valence-electron chi connectivity index (χ4n) is 2.53. The summed E-state index contributed by atoms with van der Waals surface area (Å²) in [6.45, 7) is 4.95. The fourth-order valence-corrected chi connectivity index (χ4v) is 2.53. The molecule has 5 nitrogen and oxygen atoms in total. The van der Waals surface area contributed by atoms with Crippen molar-refractivity contribution in [1.82, 2.24) is 10.2 Å². The van der Waals surface area contributed by atoms with E-state index in [1.54, 1.807) is 24.3 Å². The second-order valence-corrected chi connectivity index (χ2v) is 6.91. The van der Waals surface area contributed by atoms with Gasteiger partial charge in [0, 0.05) is 30.3 Å². The van der Waals surface area contributed by atoms with Gasteiger partial charge in [-0.3, -0.25) is 9.59 Å². The van der Waals surface area contributed by atoms with Crippen LogP contribution in [0.1, 0.15) is 35.3 Å². The third-order valence-electron chi connectivity index (χ3n) is 3.96. The minimum absolute atomic E-state index is 0.0693. The lowest BCUT2D eigenvalue weighted by Crippen LogP contribution is -2.24. The molecule has 0 aromatic heterocycles. The summed E-state index contributed by atoms with van der Waals surface area (Å²) < 4.78 is 0. The van der Waals surface area contributed by atoms with Gasteiger partial charge >= 0.3 is 0 Å². The fraction of sp³-hybridized carbons (Fsp3) is 0.333. The number of nitrogens with one attached hydrogen (secondary N) is 2. The van der Waals surface area contributed by atoms with Crippen LogP contribution in [0.4, 0.5) is 5.69 Å². The van der Waals surface area contributed by atoms with Crippen LogP contribution in [0.3, 0.4) is 0 Å². The molecule has 2 amide bonds. The predicted molar refractivity (Wildman–Crippen MR) is 105 cm³/mol. The number of carbonyl (C=O) groups excluding carboxylic acids is 2. The van der Waals surface area contributed by atoms with Crippen molar-refractivity contribution in [3.63, 3.8) is 0 Å².